The van der Waals surface area contributed by atoms with Crippen molar-refractivity contribution in [3.8, 4) is 0 Å². The van der Waals surface area contributed by atoms with Gasteiger partial charge in [-0.1, -0.05) is 172 Å². The summed E-state index contributed by atoms with van der Waals surface area (Å²) in [4.78, 5) is 21.4. The van der Waals surface area contributed by atoms with E-state index in [2.05, 4.69) is 120 Å². The van der Waals surface area contributed by atoms with Gasteiger partial charge in [0.1, 0.15) is 14.6 Å². The van der Waals surface area contributed by atoms with Gasteiger partial charge >= 0.3 is 0 Å². The van der Waals surface area contributed by atoms with Crippen molar-refractivity contribution in [2.24, 2.45) is 0 Å². The molecule has 15 heteroatoms. The van der Waals surface area contributed by atoms with Crippen LogP contribution in [-0.4, -0.2) is 61.3 Å². The number of pyridine rings is 3. The van der Waals surface area contributed by atoms with Gasteiger partial charge in [0.15, 0.2) is 21.8 Å². The quantitative estimate of drug-likeness (QED) is 0.162. The molecule has 0 atom stereocenters. The summed E-state index contributed by atoms with van der Waals surface area (Å²) in [5.74, 6) is 0. The third-order valence-electron chi connectivity index (χ3n) is 10.2. The van der Waals surface area contributed by atoms with Crippen LogP contribution in [0.5, 0.6) is 0 Å². The fourth-order valence-corrected chi connectivity index (χ4v) is 6.96. The van der Waals surface area contributed by atoms with Crippen LogP contribution in [0.1, 0.15) is 5.56 Å². The number of nitrogens with zero attached hydrogens (tertiary/aromatic N) is 5. The van der Waals surface area contributed by atoms with Gasteiger partial charge in [-0.3, -0.25) is 24.9 Å². The molecule has 0 amide bonds. The Morgan fingerprint density at radius 3 is 1.56 bits per heavy atom. The molecule has 0 bridgehead atoms. The molecule has 0 unspecified atom stereocenters. The van der Waals surface area contributed by atoms with Gasteiger partial charge in [0.2, 0.25) is 0 Å². The molecule has 4 aromatic heterocycles. The second kappa shape index (κ2) is 34.3. The summed E-state index contributed by atoms with van der Waals surface area (Å²) in [6.45, 7) is 12.3. The predicted octanol–water partition coefficient (Wildman–Crippen LogP) is 8.36. The molecule has 0 aliphatic heterocycles. The SMILES string of the molecule is C[B]c1ccc(C)c2ccccc12.C[B]c1ccc2ccccc2n1.C[B]c1cccc2nccnc12.C[B]c1ccnc2ccccc12.C[B]c1nccc2ccccc12.[Y].[Y].[Y].[Y].[Y]. The number of rotatable bonds is 5. The van der Waals surface area contributed by atoms with Crippen molar-refractivity contribution in [1.29, 1.82) is 0 Å². The van der Waals surface area contributed by atoms with E-state index >= 15 is 0 Å². The molecule has 6 aromatic carbocycles. The Balaban J connectivity index is 0.000000405. The Bertz CT molecular complexity index is 2770. The van der Waals surface area contributed by atoms with E-state index in [0.717, 1.165) is 38.7 Å². The Morgan fingerprint density at radius 1 is 0.333 bits per heavy atom. The van der Waals surface area contributed by atoms with Crippen LogP contribution in [0.25, 0.3) is 54.4 Å². The summed E-state index contributed by atoms with van der Waals surface area (Å²) in [5, 5.41) is 7.61. The van der Waals surface area contributed by atoms with E-state index in [1.165, 1.54) is 48.8 Å². The van der Waals surface area contributed by atoms with E-state index in [9.17, 15) is 0 Å². The molecule has 0 aliphatic rings. The Hall–Kier alpha value is -1.01. The van der Waals surface area contributed by atoms with E-state index in [4.69, 9.17) is 0 Å². The first-order chi connectivity index (χ1) is 30.0. The molecule has 306 valence electrons. The van der Waals surface area contributed by atoms with Gasteiger partial charge in [-0.25, -0.2) is 0 Å². The molecule has 0 saturated carbocycles. The molecular weight excluding hydrogens is 1180 g/mol. The fraction of sp³-hybridized carbons (Fsp3) is 0.118. The van der Waals surface area contributed by atoms with Gasteiger partial charge < -0.3 is 0 Å². The maximum Gasteiger partial charge on any atom is 0.175 e. The summed E-state index contributed by atoms with van der Waals surface area (Å²) >= 11 is 0. The fourth-order valence-electron chi connectivity index (χ4n) is 6.96. The Kier molecular flexibility index (Phi) is 32.8. The maximum absolute atomic E-state index is 4.44. The van der Waals surface area contributed by atoms with Crippen LogP contribution in [0.15, 0.2) is 176 Å². The molecular formula is C51H47B5N5Y5. The first-order valence-corrected chi connectivity index (χ1v) is 20.7. The molecule has 5 nitrogen and oxygen atoms in total. The minimum Gasteiger partial charge on any atom is -0.271 e. The van der Waals surface area contributed by atoms with Gasteiger partial charge in [-0.05, 0) is 75.3 Å². The third-order valence-corrected chi connectivity index (χ3v) is 10.2. The maximum atomic E-state index is 4.44. The van der Waals surface area contributed by atoms with Crippen molar-refractivity contribution in [2.75, 3.05) is 0 Å². The minimum atomic E-state index is 0. The van der Waals surface area contributed by atoms with Crippen molar-refractivity contribution < 1.29 is 164 Å². The van der Waals surface area contributed by atoms with Gasteiger partial charge in [0, 0.05) is 199 Å². The Labute approximate surface area is 521 Å². The van der Waals surface area contributed by atoms with Crippen LogP contribution in [0.4, 0.5) is 0 Å². The molecule has 66 heavy (non-hydrogen) atoms. The number of benzene rings is 6. The molecule has 0 spiro atoms. The number of aryl methyl sites for hydroxylation is 1. The van der Waals surface area contributed by atoms with Gasteiger partial charge in [0.05, 0.1) is 22.1 Å². The summed E-state index contributed by atoms with van der Waals surface area (Å²) in [6.07, 6.45) is 7.12. The normalized spacial score (nSPS) is 9.36. The van der Waals surface area contributed by atoms with E-state index in [0.29, 0.717) is 0 Å². The number of hydrogen-bond acceptors (Lipinski definition) is 5. The standard InChI is InChI=1S/C12H12B.3C10H9BN.C9H8BN2.5Y/c1-9-7-8-12(13-2)11-6-4-3-5-10(9)11;1-11-9-6-7-12-10-5-3-2-4-8(9)10;1-11-10-9-5-3-2-4-8(9)6-7-12-10;1-11-10-7-6-8-4-2-3-5-9(8)12-10;1-10-7-3-2-4-8-9(7)12-6-5-11-8;;;;;/h3-8H,1-2H3;3*2-7H,1H3;2-6H,1H3;;;;;. The van der Waals surface area contributed by atoms with E-state index < -0.39 is 0 Å². The molecule has 0 aliphatic carbocycles. The monoisotopic (exact) mass is 1230 g/mol. The van der Waals surface area contributed by atoms with Crippen LogP contribution in [0.3, 0.4) is 0 Å². The van der Waals surface area contributed by atoms with Crippen LogP contribution >= 0.6 is 0 Å². The van der Waals surface area contributed by atoms with E-state index in [1.54, 1.807) is 12.4 Å². The topological polar surface area (TPSA) is 64.5 Å². The van der Waals surface area contributed by atoms with Crippen LogP contribution in [0, 0.1) is 6.92 Å². The number of hydrogen-bond donors (Lipinski definition) is 0. The van der Waals surface area contributed by atoms with Crippen molar-refractivity contribution >= 4 is 118 Å². The number of para-hydroxylation sites is 3. The summed E-state index contributed by atoms with van der Waals surface area (Å²) in [7, 11) is 10.3. The molecule has 4 heterocycles. The predicted molar refractivity (Wildman–Crippen MR) is 270 cm³/mol. The van der Waals surface area contributed by atoms with Crippen LogP contribution in [-0.2, 0) is 164 Å². The molecule has 10 radical (unpaired) electrons. The zero-order valence-corrected chi connectivity index (χ0v) is 52.9. The van der Waals surface area contributed by atoms with Gasteiger partial charge in [-0.2, -0.15) is 0 Å². The van der Waals surface area contributed by atoms with Crippen molar-refractivity contribution in [1.82, 2.24) is 24.9 Å². The van der Waals surface area contributed by atoms with E-state index in [1.807, 2.05) is 146 Å². The summed E-state index contributed by atoms with van der Waals surface area (Å²) in [5.41, 5.74) is 11.2. The average Bonchev–Trinajstić information content (AvgIpc) is 3.34. The summed E-state index contributed by atoms with van der Waals surface area (Å²) < 4.78 is 0. The van der Waals surface area contributed by atoms with Crippen molar-refractivity contribution in [3.05, 3.63) is 182 Å². The third kappa shape index (κ3) is 18.0. The number of aromatic nitrogens is 5. The van der Waals surface area contributed by atoms with Crippen molar-refractivity contribution in [3.63, 3.8) is 0 Å². The van der Waals surface area contributed by atoms with E-state index in [-0.39, 0.29) is 164 Å². The van der Waals surface area contributed by atoms with Crippen molar-refractivity contribution in [2.45, 2.75) is 41.0 Å². The second-order valence-corrected chi connectivity index (χ2v) is 14.0. The Morgan fingerprint density at radius 2 is 0.879 bits per heavy atom. The summed E-state index contributed by atoms with van der Waals surface area (Å²) in [6, 6.07) is 51.7. The average molecular weight is 1230 g/mol. The zero-order chi connectivity index (χ0) is 42.8. The minimum absolute atomic E-state index is 0. The largest absolute Gasteiger partial charge is 0.271 e. The second-order valence-electron chi connectivity index (χ2n) is 14.0. The smallest absolute Gasteiger partial charge is 0.175 e. The van der Waals surface area contributed by atoms with Crippen LogP contribution in [0.2, 0.25) is 34.1 Å². The first kappa shape index (κ1) is 63.0. The molecule has 10 aromatic rings. The zero-order valence-electron chi connectivity index (χ0n) is 38.8. The first-order valence-electron chi connectivity index (χ1n) is 20.7. The molecule has 0 N–H and O–H groups in total. The molecule has 10 rings (SSSR count). The molecule has 0 saturated heterocycles. The molecule has 0 fully saturated rings. The van der Waals surface area contributed by atoms with Gasteiger partial charge in [-0.15, -0.1) is 0 Å². The van der Waals surface area contributed by atoms with Gasteiger partial charge in [0.25, 0.3) is 0 Å². The van der Waals surface area contributed by atoms with Crippen LogP contribution < -0.4 is 27.6 Å². The number of fused-ring (bicyclic) bond motifs is 5.